The molecule has 0 bridgehead atoms. The molecule has 3 N–H and O–H groups in total. The third kappa shape index (κ3) is 5.35. The highest BCUT2D eigenvalue weighted by Gasteiger charge is 2.22. The fraction of sp³-hybridized carbons (Fsp3) is 0.292. The predicted molar refractivity (Wildman–Crippen MR) is 139 cm³/mol. The molecule has 1 fully saturated rings. The van der Waals surface area contributed by atoms with Crippen LogP contribution in [0, 0.1) is 5.92 Å². The maximum atomic E-state index is 13.0. The Morgan fingerprint density at radius 2 is 1.80 bits per heavy atom. The summed E-state index contributed by atoms with van der Waals surface area (Å²) in [4.78, 5) is 13.2. The quantitative estimate of drug-likeness (QED) is 0.336. The van der Waals surface area contributed by atoms with E-state index in [0.29, 0.717) is 22.6 Å². The predicted octanol–water partition coefficient (Wildman–Crippen LogP) is 4.30. The summed E-state index contributed by atoms with van der Waals surface area (Å²) in [5, 5.41) is 13.3. The number of hydrogen-bond donors (Lipinski definition) is 3. The smallest absolute Gasteiger partial charge is 0.282 e. The first kappa shape index (κ1) is 23.4. The topological polar surface area (TPSA) is 122 Å². The molecule has 1 aliphatic rings. The first-order chi connectivity index (χ1) is 16.9. The van der Waals surface area contributed by atoms with Gasteiger partial charge in [-0.1, -0.05) is 18.2 Å². The Labute approximate surface area is 208 Å². The van der Waals surface area contributed by atoms with Crippen molar-refractivity contribution in [2.45, 2.75) is 24.3 Å². The maximum Gasteiger partial charge on any atom is 0.282 e. The molecule has 0 spiro atoms. The minimum Gasteiger partial charge on any atom is -0.508 e. The summed E-state index contributed by atoms with van der Waals surface area (Å²) in [5.41, 5.74) is 2.87. The number of hydrogen-bond acceptors (Lipinski definition) is 8. The molecular formula is C24H26N6O3S2. The number of sulfonamides is 1. The standard InChI is InChI=1S/C24H26N6O3S2/c1-30-14-22(25-15-30)35(32,33)29-24-23(26-19-4-2-3-5-20(19)27-24)28-21-13-18(31)7-6-17(21)12-16-8-10-34-11-9-16/h2-7,13-16,31H,8-12H2,1H3,(H,26,28)(H,27,29). The van der Waals surface area contributed by atoms with Gasteiger partial charge in [-0.25, -0.2) is 15.0 Å². The van der Waals surface area contributed by atoms with Gasteiger partial charge in [-0.3, -0.25) is 4.72 Å². The Balaban J connectivity index is 1.53. The number of benzene rings is 2. The number of phenolic OH excluding ortho intramolecular Hbond substituents is 1. The lowest BCUT2D eigenvalue weighted by molar-refractivity contribution is 0.472. The molecule has 5 rings (SSSR count). The highest BCUT2D eigenvalue weighted by Crippen LogP contribution is 2.33. The molecule has 0 aliphatic carbocycles. The van der Waals surface area contributed by atoms with Crippen LogP contribution >= 0.6 is 11.8 Å². The molecule has 1 saturated heterocycles. The van der Waals surface area contributed by atoms with Gasteiger partial charge < -0.3 is 15.0 Å². The van der Waals surface area contributed by atoms with E-state index in [0.717, 1.165) is 36.3 Å². The lowest BCUT2D eigenvalue weighted by atomic mass is 9.93. The SMILES string of the molecule is Cn1cnc(S(=O)(=O)Nc2nc3ccccc3nc2Nc2cc(O)ccc2CC2CCSCC2)c1. The van der Waals surface area contributed by atoms with Crippen molar-refractivity contribution in [1.82, 2.24) is 19.5 Å². The summed E-state index contributed by atoms with van der Waals surface area (Å²) in [6, 6.07) is 12.5. The third-order valence-electron chi connectivity index (χ3n) is 5.95. The van der Waals surface area contributed by atoms with E-state index in [-0.39, 0.29) is 22.4 Å². The van der Waals surface area contributed by atoms with Crippen molar-refractivity contribution >= 4 is 50.1 Å². The van der Waals surface area contributed by atoms with Gasteiger partial charge in [0.2, 0.25) is 0 Å². The number of aryl methyl sites for hydroxylation is 1. The molecule has 182 valence electrons. The molecule has 9 nitrogen and oxygen atoms in total. The number of fused-ring (bicyclic) bond motifs is 1. The Morgan fingerprint density at radius 3 is 2.49 bits per heavy atom. The average Bonchev–Trinajstić information content (AvgIpc) is 3.29. The second-order valence-electron chi connectivity index (χ2n) is 8.62. The molecule has 2 aromatic carbocycles. The van der Waals surface area contributed by atoms with Crippen molar-refractivity contribution in [2.24, 2.45) is 13.0 Å². The number of aromatic nitrogens is 4. The summed E-state index contributed by atoms with van der Waals surface area (Å²) in [5.74, 6) is 3.28. The van der Waals surface area contributed by atoms with E-state index in [2.05, 4.69) is 25.0 Å². The van der Waals surface area contributed by atoms with Gasteiger partial charge in [0.25, 0.3) is 10.0 Å². The Bertz CT molecular complexity index is 1470. The van der Waals surface area contributed by atoms with Crippen LogP contribution in [0.15, 0.2) is 60.0 Å². The zero-order valence-electron chi connectivity index (χ0n) is 19.2. The molecule has 3 heterocycles. The fourth-order valence-corrected chi connectivity index (χ4v) is 6.31. The van der Waals surface area contributed by atoms with Crippen molar-refractivity contribution in [2.75, 3.05) is 21.5 Å². The molecule has 0 atom stereocenters. The summed E-state index contributed by atoms with van der Waals surface area (Å²) < 4.78 is 30.1. The van der Waals surface area contributed by atoms with Crippen LogP contribution < -0.4 is 10.0 Å². The van der Waals surface area contributed by atoms with E-state index in [1.54, 1.807) is 29.8 Å². The first-order valence-corrected chi connectivity index (χ1v) is 14.0. The van der Waals surface area contributed by atoms with Gasteiger partial charge in [0.05, 0.1) is 17.4 Å². The van der Waals surface area contributed by atoms with Gasteiger partial charge in [-0.15, -0.1) is 0 Å². The van der Waals surface area contributed by atoms with Crippen LogP contribution in [0.2, 0.25) is 0 Å². The third-order valence-corrected chi connectivity index (χ3v) is 8.23. The molecule has 11 heteroatoms. The number of imidazole rings is 1. The Morgan fingerprint density at radius 1 is 1.09 bits per heavy atom. The van der Waals surface area contributed by atoms with Crippen molar-refractivity contribution in [3.63, 3.8) is 0 Å². The zero-order chi connectivity index (χ0) is 24.4. The van der Waals surface area contributed by atoms with Crippen LogP contribution in [-0.4, -0.2) is 44.5 Å². The number of thioether (sulfide) groups is 1. The minimum absolute atomic E-state index is 0.0534. The fourth-order valence-electron chi connectivity index (χ4n) is 4.11. The molecule has 0 amide bonds. The van der Waals surface area contributed by atoms with Crippen molar-refractivity contribution in [3.05, 3.63) is 60.6 Å². The average molecular weight is 511 g/mol. The first-order valence-electron chi connectivity index (χ1n) is 11.3. The van der Waals surface area contributed by atoms with Crippen LogP contribution in [0.4, 0.5) is 17.3 Å². The van der Waals surface area contributed by atoms with Gasteiger partial charge in [-0.2, -0.15) is 20.2 Å². The highest BCUT2D eigenvalue weighted by molar-refractivity contribution is 7.99. The zero-order valence-corrected chi connectivity index (χ0v) is 20.8. The van der Waals surface area contributed by atoms with Gasteiger partial charge in [-0.05, 0) is 60.4 Å². The van der Waals surface area contributed by atoms with E-state index in [4.69, 9.17) is 0 Å². The normalized spacial score (nSPS) is 14.8. The van der Waals surface area contributed by atoms with Gasteiger partial charge in [0.15, 0.2) is 16.7 Å². The number of phenols is 1. The number of aromatic hydroxyl groups is 1. The minimum atomic E-state index is -3.99. The van der Waals surface area contributed by atoms with E-state index in [1.165, 1.54) is 12.5 Å². The van der Waals surface area contributed by atoms with Gasteiger partial charge in [0.1, 0.15) is 5.75 Å². The van der Waals surface area contributed by atoms with Crippen LogP contribution in [-0.2, 0) is 23.5 Å². The lowest BCUT2D eigenvalue weighted by Crippen LogP contribution is -2.17. The summed E-state index contributed by atoms with van der Waals surface area (Å²) in [6.07, 6.45) is 5.99. The highest BCUT2D eigenvalue weighted by atomic mass is 32.2. The number of nitrogens with one attached hydrogen (secondary N) is 2. The van der Waals surface area contributed by atoms with Crippen LogP contribution in [0.25, 0.3) is 11.0 Å². The molecule has 0 saturated carbocycles. The number of para-hydroxylation sites is 2. The maximum absolute atomic E-state index is 13.0. The van der Waals surface area contributed by atoms with Crippen LogP contribution in [0.1, 0.15) is 18.4 Å². The van der Waals surface area contributed by atoms with Crippen molar-refractivity contribution in [1.29, 1.82) is 0 Å². The van der Waals surface area contributed by atoms with E-state index in [9.17, 15) is 13.5 Å². The second kappa shape index (κ2) is 9.74. The van der Waals surface area contributed by atoms with Crippen LogP contribution in [0.3, 0.4) is 0 Å². The Hall–Kier alpha value is -3.31. The van der Waals surface area contributed by atoms with Crippen LogP contribution in [0.5, 0.6) is 5.75 Å². The summed E-state index contributed by atoms with van der Waals surface area (Å²) in [6.45, 7) is 0. The molecule has 0 radical (unpaired) electrons. The molecule has 0 unspecified atom stereocenters. The van der Waals surface area contributed by atoms with E-state index < -0.39 is 10.0 Å². The molecule has 35 heavy (non-hydrogen) atoms. The molecule has 4 aromatic rings. The van der Waals surface area contributed by atoms with Crippen molar-refractivity contribution < 1.29 is 13.5 Å². The lowest BCUT2D eigenvalue weighted by Gasteiger charge is -2.23. The largest absolute Gasteiger partial charge is 0.508 e. The van der Waals surface area contributed by atoms with E-state index in [1.807, 2.05) is 36.0 Å². The van der Waals surface area contributed by atoms with Crippen molar-refractivity contribution in [3.8, 4) is 5.75 Å². The number of rotatable bonds is 7. The molecular weight excluding hydrogens is 484 g/mol. The van der Waals surface area contributed by atoms with Gasteiger partial charge >= 0.3 is 0 Å². The number of anilines is 3. The van der Waals surface area contributed by atoms with E-state index >= 15 is 0 Å². The summed E-state index contributed by atoms with van der Waals surface area (Å²) in [7, 11) is -2.30. The Kier molecular flexibility index (Phi) is 6.52. The number of nitrogens with zero attached hydrogens (tertiary/aromatic N) is 4. The summed E-state index contributed by atoms with van der Waals surface area (Å²) >= 11 is 1.98. The second-order valence-corrected chi connectivity index (χ2v) is 11.5. The monoisotopic (exact) mass is 510 g/mol. The molecule has 1 aliphatic heterocycles. The van der Waals surface area contributed by atoms with Gasteiger partial charge in [0, 0.05) is 25.0 Å². The molecule has 2 aromatic heterocycles.